The van der Waals surface area contributed by atoms with Crippen molar-refractivity contribution >= 4 is 27.5 Å². The number of aromatic amines is 1. The predicted octanol–water partition coefficient (Wildman–Crippen LogP) is 5.85. The van der Waals surface area contributed by atoms with E-state index in [1.807, 2.05) is 0 Å². The van der Waals surface area contributed by atoms with Gasteiger partial charge in [-0.15, -0.1) is 0 Å². The summed E-state index contributed by atoms with van der Waals surface area (Å²) >= 11 is 0. The number of aromatic nitrogens is 2. The standard InChI is InChI=1S/C27H34N4/c1-3-4-7-24(18-22-20-28-26-9-6-5-8-25(22)26)31-13-12-21-10-11-23(19-27(21)31)30-16-14-29(2)15-17-30/h5-6,8-13,19-20,24,28H,3-4,7,14-18H2,1-2H3. The third-order valence-corrected chi connectivity index (χ3v) is 6.99. The summed E-state index contributed by atoms with van der Waals surface area (Å²) in [5.74, 6) is 0. The first-order valence-electron chi connectivity index (χ1n) is 11.8. The van der Waals surface area contributed by atoms with Crippen molar-refractivity contribution in [2.75, 3.05) is 38.1 Å². The van der Waals surface area contributed by atoms with Gasteiger partial charge in [-0.25, -0.2) is 0 Å². The van der Waals surface area contributed by atoms with Crippen LogP contribution in [0.1, 0.15) is 37.8 Å². The number of H-pyrrole nitrogens is 1. The van der Waals surface area contributed by atoms with E-state index in [2.05, 4.69) is 94.2 Å². The maximum Gasteiger partial charge on any atom is 0.0503 e. The van der Waals surface area contributed by atoms with Gasteiger partial charge in [0.2, 0.25) is 0 Å². The molecule has 1 fully saturated rings. The molecule has 0 bridgehead atoms. The van der Waals surface area contributed by atoms with Crippen molar-refractivity contribution in [2.45, 2.75) is 38.6 Å². The molecule has 4 aromatic rings. The van der Waals surface area contributed by atoms with Crippen molar-refractivity contribution < 1.29 is 0 Å². The molecule has 0 amide bonds. The molecule has 5 rings (SSSR count). The first-order valence-corrected chi connectivity index (χ1v) is 11.8. The third-order valence-electron chi connectivity index (χ3n) is 6.99. The maximum absolute atomic E-state index is 3.47. The highest BCUT2D eigenvalue weighted by atomic mass is 15.2. The van der Waals surface area contributed by atoms with Crippen LogP contribution in [0.2, 0.25) is 0 Å². The summed E-state index contributed by atoms with van der Waals surface area (Å²) in [7, 11) is 2.22. The van der Waals surface area contributed by atoms with Crippen LogP contribution in [0.4, 0.5) is 5.69 Å². The van der Waals surface area contributed by atoms with Gasteiger partial charge in [0.05, 0.1) is 5.52 Å². The zero-order valence-electron chi connectivity index (χ0n) is 18.8. The number of rotatable bonds is 7. The number of nitrogens with zero attached hydrogens (tertiary/aromatic N) is 3. The van der Waals surface area contributed by atoms with Gasteiger partial charge in [-0.05, 0) is 55.1 Å². The Balaban J connectivity index is 1.48. The molecule has 31 heavy (non-hydrogen) atoms. The molecule has 1 aliphatic rings. The second-order valence-corrected chi connectivity index (χ2v) is 9.12. The zero-order chi connectivity index (χ0) is 21.2. The first-order chi connectivity index (χ1) is 15.2. The Kier molecular flexibility index (Phi) is 5.73. The van der Waals surface area contributed by atoms with E-state index in [1.165, 1.54) is 52.3 Å². The smallest absolute Gasteiger partial charge is 0.0503 e. The van der Waals surface area contributed by atoms with Crippen LogP contribution in [0.3, 0.4) is 0 Å². The van der Waals surface area contributed by atoms with Crippen LogP contribution in [0.15, 0.2) is 60.9 Å². The number of unbranched alkanes of at least 4 members (excludes halogenated alkanes) is 1. The first kappa shape index (κ1) is 20.2. The van der Waals surface area contributed by atoms with E-state index in [1.54, 1.807) is 0 Å². The monoisotopic (exact) mass is 414 g/mol. The van der Waals surface area contributed by atoms with E-state index in [9.17, 15) is 0 Å². The van der Waals surface area contributed by atoms with E-state index in [0.29, 0.717) is 6.04 Å². The molecule has 1 aliphatic heterocycles. The van der Waals surface area contributed by atoms with Crippen LogP contribution in [-0.2, 0) is 6.42 Å². The molecule has 1 saturated heterocycles. The van der Waals surface area contributed by atoms with Gasteiger partial charge in [0.25, 0.3) is 0 Å². The number of hydrogen-bond acceptors (Lipinski definition) is 2. The van der Waals surface area contributed by atoms with Crippen LogP contribution < -0.4 is 4.90 Å². The fraction of sp³-hybridized carbons (Fsp3) is 0.407. The zero-order valence-corrected chi connectivity index (χ0v) is 18.8. The minimum Gasteiger partial charge on any atom is -0.369 e. The molecule has 0 saturated carbocycles. The quantitative estimate of drug-likeness (QED) is 0.411. The van der Waals surface area contributed by atoms with E-state index in [0.717, 1.165) is 32.6 Å². The molecular weight excluding hydrogens is 380 g/mol. The van der Waals surface area contributed by atoms with Crippen LogP contribution in [0, 0.1) is 0 Å². The molecule has 1 atom stereocenters. The van der Waals surface area contributed by atoms with Crippen molar-refractivity contribution in [3.63, 3.8) is 0 Å². The highest BCUT2D eigenvalue weighted by Gasteiger charge is 2.18. The third kappa shape index (κ3) is 4.09. The molecule has 2 aromatic carbocycles. The second kappa shape index (κ2) is 8.80. The lowest BCUT2D eigenvalue weighted by atomic mass is 10.00. The lowest BCUT2D eigenvalue weighted by Crippen LogP contribution is -2.44. The molecule has 162 valence electrons. The minimum absolute atomic E-state index is 0.472. The number of nitrogens with one attached hydrogen (secondary N) is 1. The molecule has 0 radical (unpaired) electrons. The van der Waals surface area contributed by atoms with Gasteiger partial charge in [-0.3, -0.25) is 0 Å². The van der Waals surface area contributed by atoms with Gasteiger partial charge >= 0.3 is 0 Å². The van der Waals surface area contributed by atoms with Gasteiger partial charge in [-0.1, -0.05) is 44.0 Å². The van der Waals surface area contributed by atoms with Crippen LogP contribution in [-0.4, -0.2) is 47.7 Å². The van der Waals surface area contributed by atoms with Crippen molar-refractivity contribution in [3.05, 3.63) is 66.5 Å². The summed E-state index contributed by atoms with van der Waals surface area (Å²) in [6.45, 7) is 6.79. The number of para-hydroxylation sites is 1. The summed E-state index contributed by atoms with van der Waals surface area (Å²) in [4.78, 5) is 8.42. The highest BCUT2D eigenvalue weighted by Crippen LogP contribution is 2.31. The van der Waals surface area contributed by atoms with Gasteiger partial charge in [0.15, 0.2) is 0 Å². The predicted molar refractivity (Wildman–Crippen MR) is 132 cm³/mol. The van der Waals surface area contributed by atoms with E-state index in [-0.39, 0.29) is 0 Å². The van der Waals surface area contributed by atoms with Gasteiger partial charge < -0.3 is 19.4 Å². The second-order valence-electron chi connectivity index (χ2n) is 9.12. The number of fused-ring (bicyclic) bond motifs is 2. The largest absolute Gasteiger partial charge is 0.369 e. The number of likely N-dealkylation sites (N-methyl/N-ethyl adjacent to an activating group) is 1. The number of hydrogen-bond donors (Lipinski definition) is 1. The Bertz CT molecular complexity index is 1150. The minimum atomic E-state index is 0.472. The fourth-order valence-corrected chi connectivity index (χ4v) is 5.05. The SMILES string of the molecule is CCCCC(Cc1c[nH]c2ccccc12)n1ccc2ccc(N3CCN(C)CC3)cc21. The molecule has 4 nitrogen and oxygen atoms in total. The van der Waals surface area contributed by atoms with Crippen LogP contribution >= 0.6 is 0 Å². The number of piperazine rings is 1. The fourth-order valence-electron chi connectivity index (χ4n) is 5.05. The number of anilines is 1. The average Bonchev–Trinajstić information content (AvgIpc) is 3.41. The Labute approximate surface area is 185 Å². The van der Waals surface area contributed by atoms with Crippen molar-refractivity contribution in [3.8, 4) is 0 Å². The highest BCUT2D eigenvalue weighted by molar-refractivity contribution is 5.85. The molecule has 1 N–H and O–H groups in total. The number of benzene rings is 2. The van der Waals surface area contributed by atoms with Crippen molar-refractivity contribution in [1.82, 2.24) is 14.5 Å². The van der Waals surface area contributed by atoms with Crippen molar-refractivity contribution in [1.29, 1.82) is 0 Å². The molecule has 3 heterocycles. The lowest BCUT2D eigenvalue weighted by molar-refractivity contribution is 0.313. The summed E-state index contributed by atoms with van der Waals surface area (Å²) in [5.41, 5.74) is 5.40. The molecule has 1 unspecified atom stereocenters. The van der Waals surface area contributed by atoms with E-state index in [4.69, 9.17) is 0 Å². The van der Waals surface area contributed by atoms with Gasteiger partial charge in [0.1, 0.15) is 0 Å². The Morgan fingerprint density at radius 1 is 1.00 bits per heavy atom. The van der Waals surface area contributed by atoms with Gasteiger partial charge in [0, 0.05) is 61.2 Å². The summed E-state index contributed by atoms with van der Waals surface area (Å²) in [5, 5.41) is 2.71. The van der Waals surface area contributed by atoms with Crippen molar-refractivity contribution in [2.24, 2.45) is 0 Å². The normalized spacial score (nSPS) is 16.4. The molecule has 4 heteroatoms. The molecule has 2 aromatic heterocycles. The summed E-state index contributed by atoms with van der Waals surface area (Å²) in [6, 6.07) is 18.5. The van der Waals surface area contributed by atoms with Gasteiger partial charge in [-0.2, -0.15) is 0 Å². The average molecular weight is 415 g/mol. The Hall–Kier alpha value is -2.72. The summed E-state index contributed by atoms with van der Waals surface area (Å²) in [6.07, 6.45) is 9.28. The molecular formula is C27H34N4. The van der Waals surface area contributed by atoms with Crippen LogP contribution in [0.25, 0.3) is 21.8 Å². The maximum atomic E-state index is 3.47. The Morgan fingerprint density at radius 2 is 1.84 bits per heavy atom. The molecule has 0 aliphatic carbocycles. The van der Waals surface area contributed by atoms with E-state index < -0.39 is 0 Å². The topological polar surface area (TPSA) is 27.2 Å². The Morgan fingerprint density at radius 3 is 2.68 bits per heavy atom. The van der Waals surface area contributed by atoms with Crippen LogP contribution in [0.5, 0.6) is 0 Å². The van der Waals surface area contributed by atoms with E-state index >= 15 is 0 Å². The lowest BCUT2D eigenvalue weighted by Gasteiger charge is -2.34. The molecule has 0 spiro atoms. The summed E-state index contributed by atoms with van der Waals surface area (Å²) < 4.78 is 2.55.